The molecular weight excluding hydrogens is 442 g/mol. The number of nitrogens with one attached hydrogen (secondary N) is 1. The number of rotatable bonds is 5. The van der Waals surface area contributed by atoms with Crippen LogP contribution < -0.4 is 21.5 Å². The van der Waals surface area contributed by atoms with E-state index in [4.69, 9.17) is 5.73 Å². The molecule has 10 heteroatoms. The van der Waals surface area contributed by atoms with E-state index in [0.717, 1.165) is 5.75 Å². The average Bonchev–Trinajstić information content (AvgIpc) is 2.79. The minimum atomic E-state index is -0.957. The molecule has 1 aromatic heterocycles. The normalized spacial score (nSPS) is 14.1. The molecule has 1 aliphatic heterocycles. The first-order chi connectivity index (χ1) is 15.8. The van der Waals surface area contributed by atoms with Crippen LogP contribution in [0.5, 0.6) is 0 Å². The lowest BCUT2D eigenvalue weighted by atomic mass is 10.00. The van der Waals surface area contributed by atoms with Crippen LogP contribution in [0, 0.1) is 6.92 Å². The number of carbonyl (C=O) groups is 3. The van der Waals surface area contributed by atoms with Crippen LogP contribution in [0.4, 0.5) is 17.2 Å². The molecule has 0 radical (unpaired) electrons. The largest absolute Gasteiger partial charge is 0.366 e. The van der Waals surface area contributed by atoms with Crippen LogP contribution in [0.25, 0.3) is 11.3 Å². The van der Waals surface area contributed by atoms with Crippen LogP contribution in [0.3, 0.4) is 0 Å². The molecule has 2 amide bonds. The van der Waals surface area contributed by atoms with Crippen LogP contribution in [-0.4, -0.2) is 38.8 Å². The third-order valence-electron chi connectivity index (χ3n) is 5.66. The first-order valence-corrected chi connectivity index (χ1v) is 12.2. The lowest BCUT2D eigenvalue weighted by molar-refractivity contribution is -0.131. The van der Waals surface area contributed by atoms with Gasteiger partial charge in [-0.15, -0.1) is 0 Å². The van der Waals surface area contributed by atoms with Gasteiger partial charge in [-0.1, -0.05) is 12.1 Å². The van der Waals surface area contributed by atoms with E-state index in [-0.39, 0.29) is 16.5 Å². The smallest absolute Gasteiger partial charge is 0.301 e. The third-order valence-corrected chi connectivity index (χ3v) is 7.08. The van der Waals surface area contributed by atoms with Crippen molar-refractivity contribution in [3.63, 3.8) is 0 Å². The number of aromatic nitrogens is 2. The zero-order chi connectivity index (χ0) is 23.7. The molecular formula is C23H25N5O4S. The highest BCUT2D eigenvalue weighted by atomic mass is 32.2. The van der Waals surface area contributed by atoms with Gasteiger partial charge in [0.25, 0.3) is 5.56 Å². The first kappa shape index (κ1) is 22.3. The Labute approximate surface area is 193 Å². The fraction of sp³-hybridized carbons (Fsp3) is 0.174. The van der Waals surface area contributed by atoms with Crippen LogP contribution in [0.2, 0.25) is 0 Å². The van der Waals surface area contributed by atoms with Gasteiger partial charge < -0.3 is 20.5 Å². The van der Waals surface area contributed by atoms with Crippen LogP contribution in [0.15, 0.2) is 53.5 Å². The quantitative estimate of drug-likeness (QED) is 0.542. The Hall–Kier alpha value is -3.92. The number of carbonyl (C=O) groups excluding carboxylic acids is 3. The van der Waals surface area contributed by atoms with Crippen molar-refractivity contribution < 1.29 is 14.4 Å². The highest BCUT2D eigenvalue weighted by Gasteiger charge is 2.25. The van der Waals surface area contributed by atoms with Gasteiger partial charge in [-0.2, -0.15) is 0 Å². The van der Waals surface area contributed by atoms with Crippen LogP contribution in [0.1, 0.15) is 15.9 Å². The van der Waals surface area contributed by atoms with E-state index < -0.39 is 23.6 Å². The minimum absolute atomic E-state index is 0.113. The average molecular weight is 468 g/mol. The minimum Gasteiger partial charge on any atom is -0.366 e. The van der Waals surface area contributed by atoms with E-state index in [9.17, 15) is 19.2 Å². The summed E-state index contributed by atoms with van der Waals surface area (Å²) in [5.74, 6) is -0.0885. The molecule has 0 spiro atoms. The monoisotopic (exact) mass is 467 g/mol. The highest BCUT2D eigenvalue weighted by molar-refractivity contribution is 8.15. The van der Waals surface area contributed by atoms with Crippen molar-refractivity contribution in [2.75, 3.05) is 22.5 Å². The maximum Gasteiger partial charge on any atom is 0.301 e. The summed E-state index contributed by atoms with van der Waals surface area (Å²) in [5, 5.41) is 2.78. The molecule has 0 unspecified atom stereocenters. The third kappa shape index (κ3) is 4.37. The molecule has 1 fully saturated rings. The van der Waals surface area contributed by atoms with E-state index in [1.165, 1.54) is 9.47 Å². The summed E-state index contributed by atoms with van der Waals surface area (Å²) < 4.78 is 1.41. The molecule has 2 aromatic carbocycles. The second-order valence-electron chi connectivity index (χ2n) is 7.89. The van der Waals surface area contributed by atoms with E-state index in [1.807, 2.05) is 6.07 Å². The molecule has 0 atom stereocenters. The predicted molar refractivity (Wildman–Crippen MR) is 133 cm³/mol. The number of hydrogen-bond donors (Lipinski definition) is 2. The standard InChI is InChI=1S/C23H25N5O4S/c1-13-16(4-3-5-17(13)19(24)29)18-12-27(2)21(30)20(26-18)25-14-6-8-15(9-7-14)28-10-11-33-23(32)22(28)31/h3-9,12H,10-11H2,1-2H3,33H4,(H2,24,29)(H,25,26). The Bertz CT molecular complexity index is 1330. The number of nitrogens with two attached hydrogens (primary N) is 1. The van der Waals surface area contributed by atoms with Crippen molar-refractivity contribution in [2.24, 2.45) is 12.8 Å². The maximum atomic E-state index is 12.7. The summed E-state index contributed by atoms with van der Waals surface area (Å²) in [6.45, 7) is 2.33. The summed E-state index contributed by atoms with van der Waals surface area (Å²) in [4.78, 5) is 54.3. The molecule has 1 aliphatic rings. The Kier molecular flexibility index (Phi) is 6.01. The predicted octanol–water partition coefficient (Wildman–Crippen LogP) is 1.13. The lowest BCUT2D eigenvalue weighted by Gasteiger charge is -2.27. The van der Waals surface area contributed by atoms with Crippen molar-refractivity contribution in [2.45, 2.75) is 6.92 Å². The van der Waals surface area contributed by atoms with Gasteiger partial charge in [0.05, 0.1) is 5.69 Å². The summed E-state index contributed by atoms with van der Waals surface area (Å²) in [6, 6.07) is 12.1. The van der Waals surface area contributed by atoms with Crippen molar-refractivity contribution in [3.8, 4) is 11.3 Å². The zero-order valence-corrected chi connectivity index (χ0v) is 19.7. The number of amides is 2. The van der Waals surface area contributed by atoms with Crippen molar-refractivity contribution >= 4 is 45.9 Å². The summed E-state index contributed by atoms with van der Waals surface area (Å²) >= 11 is -0.957. The molecule has 0 aliphatic carbocycles. The van der Waals surface area contributed by atoms with E-state index in [0.29, 0.717) is 40.3 Å². The SMILES string of the molecule is Cc1c(C(N)=O)cccc1-c1cn(C)c(=O)c(Nc2ccc(N3CC[SH4]C(=O)C3=O)cc2)n1. The van der Waals surface area contributed by atoms with Gasteiger partial charge in [0, 0.05) is 42.3 Å². The summed E-state index contributed by atoms with van der Waals surface area (Å²) in [6.07, 6.45) is 1.60. The number of benzene rings is 2. The molecule has 3 N–H and O–H groups in total. The van der Waals surface area contributed by atoms with E-state index in [2.05, 4.69) is 10.3 Å². The summed E-state index contributed by atoms with van der Waals surface area (Å²) in [7, 11) is 1.62. The number of primary amides is 1. The molecule has 2 heterocycles. The van der Waals surface area contributed by atoms with E-state index in [1.54, 1.807) is 56.6 Å². The van der Waals surface area contributed by atoms with Crippen molar-refractivity contribution in [1.82, 2.24) is 9.55 Å². The molecule has 0 bridgehead atoms. The number of nitrogens with zero attached hydrogens (tertiary/aromatic N) is 3. The van der Waals surface area contributed by atoms with Gasteiger partial charge >= 0.3 is 5.91 Å². The van der Waals surface area contributed by atoms with Gasteiger partial charge in [0.1, 0.15) is 0 Å². The number of aryl methyl sites for hydroxylation is 1. The van der Waals surface area contributed by atoms with Gasteiger partial charge in [-0.25, -0.2) is 16.7 Å². The van der Waals surface area contributed by atoms with Gasteiger partial charge in [-0.3, -0.25) is 19.2 Å². The van der Waals surface area contributed by atoms with Gasteiger partial charge in [0.2, 0.25) is 11.0 Å². The van der Waals surface area contributed by atoms with Crippen molar-refractivity contribution in [1.29, 1.82) is 0 Å². The molecule has 9 nitrogen and oxygen atoms in total. The fourth-order valence-electron chi connectivity index (χ4n) is 3.86. The Balaban J connectivity index is 1.64. The number of anilines is 3. The first-order valence-electron chi connectivity index (χ1n) is 10.5. The lowest BCUT2D eigenvalue weighted by Crippen LogP contribution is -2.41. The molecule has 172 valence electrons. The fourth-order valence-corrected chi connectivity index (χ4v) is 5.06. The maximum absolute atomic E-state index is 12.7. The van der Waals surface area contributed by atoms with E-state index >= 15 is 0 Å². The second kappa shape index (κ2) is 8.91. The molecule has 3 aromatic rings. The Morgan fingerprint density at radius 1 is 1.12 bits per heavy atom. The Morgan fingerprint density at radius 3 is 2.55 bits per heavy atom. The van der Waals surface area contributed by atoms with Crippen molar-refractivity contribution in [3.05, 3.63) is 70.1 Å². The second-order valence-corrected chi connectivity index (χ2v) is 9.74. The molecule has 0 saturated carbocycles. The van der Waals surface area contributed by atoms with Crippen LogP contribution >= 0.6 is 11.8 Å². The highest BCUT2D eigenvalue weighted by Crippen LogP contribution is 2.26. The number of hydrogen-bond acceptors (Lipinski definition) is 6. The topological polar surface area (TPSA) is 127 Å². The summed E-state index contributed by atoms with van der Waals surface area (Å²) in [5.41, 5.74) is 8.65. The molecule has 4 rings (SSSR count). The van der Waals surface area contributed by atoms with Gasteiger partial charge in [-0.05, 0) is 48.6 Å². The molecule has 1 saturated heterocycles. The van der Waals surface area contributed by atoms with Crippen LogP contribution in [-0.2, 0) is 16.6 Å². The van der Waals surface area contributed by atoms with Gasteiger partial charge in [0.15, 0.2) is 5.82 Å². The Morgan fingerprint density at radius 2 is 1.85 bits per heavy atom. The molecule has 33 heavy (non-hydrogen) atoms. The zero-order valence-electron chi connectivity index (χ0n) is 18.3.